The first-order chi connectivity index (χ1) is 6.34. The highest BCUT2D eigenvalue weighted by Gasteiger charge is 2.07. The standard InChI is InChI=1S/C10H15Cl2NO/c1-7(5-8(2)11)6-10(14)13(4)9(3)12/h5-6,9,14H,1H2,2-4H3/b8-5+,10-6+. The Morgan fingerprint density at radius 1 is 1.50 bits per heavy atom. The molecule has 0 radical (unpaired) electrons. The van der Waals surface area contributed by atoms with E-state index in [2.05, 4.69) is 6.58 Å². The van der Waals surface area contributed by atoms with Gasteiger partial charge in [-0.25, -0.2) is 0 Å². The van der Waals surface area contributed by atoms with Crippen LogP contribution in [-0.2, 0) is 0 Å². The van der Waals surface area contributed by atoms with Crippen LogP contribution in [-0.4, -0.2) is 22.6 Å². The minimum atomic E-state index is -0.278. The van der Waals surface area contributed by atoms with Crippen LogP contribution in [0, 0.1) is 0 Å². The average Bonchev–Trinajstić information content (AvgIpc) is 2.00. The Morgan fingerprint density at radius 3 is 2.36 bits per heavy atom. The molecule has 0 fully saturated rings. The minimum absolute atomic E-state index is 0.0617. The van der Waals surface area contributed by atoms with E-state index in [-0.39, 0.29) is 11.4 Å². The van der Waals surface area contributed by atoms with Crippen molar-refractivity contribution in [1.29, 1.82) is 0 Å². The summed E-state index contributed by atoms with van der Waals surface area (Å²) in [7, 11) is 1.69. The number of allylic oxidation sites excluding steroid dienone is 4. The summed E-state index contributed by atoms with van der Waals surface area (Å²) in [5.41, 5.74) is 0.347. The second-order valence-electron chi connectivity index (χ2n) is 2.99. The summed E-state index contributed by atoms with van der Waals surface area (Å²) in [5, 5.41) is 10.2. The Balaban J connectivity index is 4.52. The quantitative estimate of drug-likeness (QED) is 0.349. The van der Waals surface area contributed by atoms with Gasteiger partial charge in [-0.3, -0.25) is 0 Å². The van der Waals surface area contributed by atoms with E-state index in [1.54, 1.807) is 27.0 Å². The lowest BCUT2D eigenvalue weighted by Gasteiger charge is -2.20. The fraction of sp³-hybridized carbons (Fsp3) is 0.400. The fourth-order valence-corrected chi connectivity index (χ4v) is 0.987. The van der Waals surface area contributed by atoms with Crippen LogP contribution in [0.3, 0.4) is 0 Å². The van der Waals surface area contributed by atoms with Gasteiger partial charge in [0.1, 0.15) is 5.50 Å². The molecule has 0 aliphatic heterocycles. The van der Waals surface area contributed by atoms with Crippen molar-refractivity contribution in [1.82, 2.24) is 4.90 Å². The number of aliphatic hydroxyl groups excluding tert-OH is 1. The average molecular weight is 236 g/mol. The van der Waals surface area contributed by atoms with Gasteiger partial charge in [-0.15, -0.1) is 0 Å². The molecule has 1 unspecified atom stereocenters. The summed E-state index contributed by atoms with van der Waals surface area (Å²) in [6.07, 6.45) is 3.16. The third-order valence-corrected chi connectivity index (χ3v) is 2.00. The number of aliphatic hydroxyl groups is 1. The number of alkyl halides is 1. The van der Waals surface area contributed by atoms with Gasteiger partial charge in [-0.2, -0.15) is 0 Å². The predicted molar refractivity (Wildman–Crippen MR) is 62.5 cm³/mol. The highest BCUT2D eigenvalue weighted by molar-refractivity contribution is 6.29. The molecule has 80 valence electrons. The Bertz CT molecular complexity index is 265. The molecule has 2 nitrogen and oxygen atoms in total. The number of nitrogens with zero attached hydrogens (tertiary/aromatic N) is 1. The van der Waals surface area contributed by atoms with Crippen LogP contribution in [0.15, 0.2) is 35.2 Å². The summed E-state index contributed by atoms with van der Waals surface area (Å²) >= 11 is 11.4. The van der Waals surface area contributed by atoms with Crippen molar-refractivity contribution in [2.45, 2.75) is 19.3 Å². The lowest BCUT2D eigenvalue weighted by atomic mass is 10.2. The SMILES string of the molecule is C=C(/C=C(\C)Cl)/C=C(/O)N(C)C(C)Cl. The first-order valence-electron chi connectivity index (χ1n) is 4.15. The molecular formula is C10H15Cl2NO. The molecule has 0 amide bonds. The molecule has 1 atom stereocenters. The normalized spacial score (nSPS) is 15.2. The van der Waals surface area contributed by atoms with E-state index >= 15 is 0 Å². The van der Waals surface area contributed by atoms with Gasteiger partial charge in [-0.05, 0) is 25.5 Å². The Morgan fingerprint density at radius 2 is 2.00 bits per heavy atom. The highest BCUT2D eigenvalue weighted by Crippen LogP contribution is 2.11. The van der Waals surface area contributed by atoms with Gasteiger partial charge in [0.2, 0.25) is 0 Å². The van der Waals surface area contributed by atoms with Crippen molar-refractivity contribution in [3.8, 4) is 0 Å². The topological polar surface area (TPSA) is 23.5 Å². The van der Waals surface area contributed by atoms with Crippen LogP contribution in [0.5, 0.6) is 0 Å². The molecule has 0 heterocycles. The zero-order valence-electron chi connectivity index (χ0n) is 8.59. The maximum atomic E-state index is 9.54. The molecule has 0 spiro atoms. The summed E-state index contributed by atoms with van der Waals surface area (Å²) in [6.45, 7) is 7.21. The van der Waals surface area contributed by atoms with Gasteiger partial charge in [-0.1, -0.05) is 29.8 Å². The molecule has 14 heavy (non-hydrogen) atoms. The van der Waals surface area contributed by atoms with E-state index in [0.717, 1.165) is 0 Å². The van der Waals surface area contributed by atoms with Crippen molar-refractivity contribution >= 4 is 23.2 Å². The first kappa shape index (κ1) is 13.4. The second-order valence-corrected chi connectivity index (χ2v) is 4.22. The molecule has 0 aliphatic carbocycles. The van der Waals surface area contributed by atoms with E-state index < -0.39 is 0 Å². The van der Waals surface area contributed by atoms with Crippen molar-refractivity contribution in [3.63, 3.8) is 0 Å². The molecule has 0 aromatic carbocycles. The molecule has 4 heteroatoms. The minimum Gasteiger partial charge on any atom is -0.495 e. The van der Waals surface area contributed by atoms with Gasteiger partial charge in [0.05, 0.1) is 0 Å². The smallest absolute Gasteiger partial charge is 0.188 e. The van der Waals surface area contributed by atoms with Crippen molar-refractivity contribution in [2.75, 3.05) is 7.05 Å². The Kier molecular flexibility index (Phi) is 5.73. The molecule has 0 rings (SSSR count). The molecule has 0 aromatic heterocycles. The molecular weight excluding hydrogens is 221 g/mol. The summed E-state index contributed by atoms with van der Waals surface area (Å²) in [5.74, 6) is 0.0617. The molecule has 0 aromatic rings. The van der Waals surface area contributed by atoms with Crippen LogP contribution >= 0.6 is 23.2 Å². The van der Waals surface area contributed by atoms with Crippen molar-refractivity contribution < 1.29 is 5.11 Å². The highest BCUT2D eigenvalue weighted by atomic mass is 35.5. The Labute approximate surface area is 95.1 Å². The van der Waals surface area contributed by atoms with Crippen LogP contribution in [0.25, 0.3) is 0 Å². The Hall–Kier alpha value is -0.600. The van der Waals surface area contributed by atoms with Gasteiger partial charge < -0.3 is 10.0 Å². The number of rotatable bonds is 4. The molecule has 1 N–H and O–H groups in total. The van der Waals surface area contributed by atoms with Crippen LogP contribution < -0.4 is 0 Å². The maximum Gasteiger partial charge on any atom is 0.188 e. The van der Waals surface area contributed by atoms with Crippen LogP contribution in [0.1, 0.15) is 13.8 Å². The molecule has 0 saturated carbocycles. The summed E-state index contributed by atoms with van der Waals surface area (Å²) in [4.78, 5) is 1.52. The van der Waals surface area contributed by atoms with Gasteiger partial charge >= 0.3 is 0 Å². The molecule has 0 aliphatic rings. The third kappa shape index (κ3) is 5.20. The summed E-state index contributed by atoms with van der Waals surface area (Å²) < 4.78 is 0. The van der Waals surface area contributed by atoms with Gasteiger partial charge in [0, 0.05) is 18.2 Å². The van der Waals surface area contributed by atoms with Crippen LogP contribution in [0.4, 0.5) is 0 Å². The van der Waals surface area contributed by atoms with E-state index in [1.165, 1.54) is 11.0 Å². The second kappa shape index (κ2) is 5.99. The van der Waals surface area contributed by atoms with E-state index in [4.69, 9.17) is 23.2 Å². The molecule has 0 saturated heterocycles. The lowest BCUT2D eigenvalue weighted by molar-refractivity contribution is 0.225. The predicted octanol–water partition coefficient (Wildman–Crippen LogP) is 3.60. The van der Waals surface area contributed by atoms with Crippen LogP contribution in [0.2, 0.25) is 0 Å². The van der Waals surface area contributed by atoms with E-state index in [1.807, 2.05) is 0 Å². The van der Waals surface area contributed by atoms with Crippen molar-refractivity contribution in [3.05, 3.63) is 35.2 Å². The number of hydrogen-bond acceptors (Lipinski definition) is 2. The monoisotopic (exact) mass is 235 g/mol. The zero-order valence-corrected chi connectivity index (χ0v) is 10.1. The molecule has 0 bridgehead atoms. The van der Waals surface area contributed by atoms with E-state index in [0.29, 0.717) is 10.6 Å². The lowest BCUT2D eigenvalue weighted by Crippen LogP contribution is -2.23. The van der Waals surface area contributed by atoms with Crippen molar-refractivity contribution in [2.24, 2.45) is 0 Å². The van der Waals surface area contributed by atoms with Gasteiger partial charge in [0.15, 0.2) is 5.88 Å². The number of halogens is 2. The van der Waals surface area contributed by atoms with Gasteiger partial charge in [0.25, 0.3) is 0 Å². The fourth-order valence-electron chi connectivity index (χ4n) is 0.747. The third-order valence-electron chi connectivity index (χ3n) is 1.59. The summed E-state index contributed by atoms with van der Waals surface area (Å²) in [6, 6.07) is 0. The number of hydrogen-bond donors (Lipinski definition) is 1. The first-order valence-corrected chi connectivity index (χ1v) is 4.96. The van der Waals surface area contributed by atoms with E-state index in [9.17, 15) is 5.11 Å². The maximum absolute atomic E-state index is 9.54. The largest absolute Gasteiger partial charge is 0.495 e. The zero-order chi connectivity index (χ0) is 11.3.